The first-order valence-corrected chi connectivity index (χ1v) is 10.7. The molecule has 4 nitrogen and oxygen atoms in total. The number of nitrogens with zero attached hydrogens (tertiary/aromatic N) is 2. The maximum atomic E-state index is 13.6. The van der Waals surface area contributed by atoms with E-state index in [9.17, 15) is 4.39 Å². The molecule has 0 bridgehead atoms. The second-order valence-corrected chi connectivity index (χ2v) is 7.79. The third-order valence-corrected chi connectivity index (χ3v) is 5.82. The topological polar surface area (TPSA) is 36.3 Å². The summed E-state index contributed by atoms with van der Waals surface area (Å²) in [6, 6.07) is 20.2. The van der Waals surface area contributed by atoms with Crippen molar-refractivity contribution in [3.05, 3.63) is 88.7 Å². The van der Waals surface area contributed by atoms with E-state index < -0.39 is 0 Å². The van der Waals surface area contributed by atoms with E-state index in [0.29, 0.717) is 11.6 Å². The third kappa shape index (κ3) is 4.34. The minimum atomic E-state index is -0.359. The van der Waals surface area contributed by atoms with E-state index in [1.54, 1.807) is 20.3 Å². The molecular formula is C26H24ClFN2O2. The molecule has 0 atom stereocenters. The summed E-state index contributed by atoms with van der Waals surface area (Å²) in [7, 11) is 3.30. The minimum Gasteiger partial charge on any atom is -0.497 e. The molecule has 0 aliphatic rings. The first-order chi connectivity index (χ1) is 15.5. The Labute approximate surface area is 192 Å². The fraction of sp³-hybridized carbons (Fsp3) is 0.192. The second-order valence-electron chi connectivity index (χ2n) is 7.38. The highest BCUT2D eigenvalue weighted by atomic mass is 35.5. The number of ether oxygens (including phenoxy) is 2. The molecule has 0 fully saturated rings. The Morgan fingerprint density at radius 1 is 0.875 bits per heavy atom. The van der Waals surface area contributed by atoms with Gasteiger partial charge in [-0.25, -0.2) is 4.39 Å². The molecule has 0 aliphatic heterocycles. The van der Waals surface area contributed by atoms with Crippen LogP contribution in [-0.2, 0) is 13.0 Å². The highest BCUT2D eigenvalue weighted by Gasteiger charge is 2.20. The average molecular weight is 451 g/mol. The summed E-state index contributed by atoms with van der Waals surface area (Å²) < 4.78 is 26.1. The van der Waals surface area contributed by atoms with Gasteiger partial charge in [0.1, 0.15) is 17.3 Å². The van der Waals surface area contributed by atoms with Gasteiger partial charge in [0.15, 0.2) is 0 Å². The Balaban J connectivity index is 1.87. The lowest BCUT2D eigenvalue weighted by atomic mass is 9.99. The Morgan fingerprint density at radius 3 is 2.00 bits per heavy atom. The van der Waals surface area contributed by atoms with Crippen molar-refractivity contribution in [2.45, 2.75) is 19.9 Å². The number of halogens is 2. The molecule has 0 saturated heterocycles. The Kier molecular flexibility index (Phi) is 6.47. The van der Waals surface area contributed by atoms with Gasteiger partial charge in [-0.1, -0.05) is 24.6 Å². The monoisotopic (exact) mass is 450 g/mol. The van der Waals surface area contributed by atoms with Crippen molar-refractivity contribution < 1.29 is 13.9 Å². The summed E-state index contributed by atoms with van der Waals surface area (Å²) in [6.07, 6.45) is 0.792. The molecular weight excluding hydrogens is 427 g/mol. The van der Waals surface area contributed by atoms with E-state index in [4.69, 9.17) is 26.2 Å². The molecule has 32 heavy (non-hydrogen) atoms. The van der Waals surface area contributed by atoms with Crippen molar-refractivity contribution in [1.82, 2.24) is 9.78 Å². The van der Waals surface area contributed by atoms with Gasteiger partial charge in [-0.05, 0) is 72.6 Å². The van der Waals surface area contributed by atoms with Crippen LogP contribution in [0.15, 0.2) is 66.7 Å². The lowest BCUT2D eigenvalue weighted by Crippen LogP contribution is -2.05. The maximum Gasteiger partial charge on any atom is 0.124 e. The van der Waals surface area contributed by atoms with Gasteiger partial charge in [-0.2, -0.15) is 5.10 Å². The van der Waals surface area contributed by atoms with Crippen LogP contribution in [-0.4, -0.2) is 24.0 Å². The molecule has 0 aliphatic carbocycles. The Morgan fingerprint density at radius 2 is 1.47 bits per heavy atom. The Bertz CT molecular complexity index is 1220. The molecule has 4 aromatic rings. The van der Waals surface area contributed by atoms with Crippen molar-refractivity contribution in [2.24, 2.45) is 0 Å². The van der Waals surface area contributed by atoms with E-state index in [2.05, 4.69) is 6.92 Å². The predicted molar refractivity (Wildman–Crippen MR) is 126 cm³/mol. The number of aromatic nitrogens is 2. The van der Waals surface area contributed by atoms with Crippen molar-refractivity contribution in [3.63, 3.8) is 0 Å². The number of methoxy groups -OCH3 is 2. The van der Waals surface area contributed by atoms with Crippen molar-refractivity contribution in [1.29, 1.82) is 0 Å². The Hall–Kier alpha value is -3.31. The zero-order valence-electron chi connectivity index (χ0n) is 18.2. The van der Waals surface area contributed by atoms with Crippen LogP contribution in [0, 0.1) is 5.82 Å². The SMILES string of the molecule is CCc1c(-c2ccc(OC)cc2)nn(Cc2ccc(F)cc2Cl)c1-c1ccc(OC)cc1. The summed E-state index contributed by atoms with van der Waals surface area (Å²) in [5.74, 6) is 1.22. The summed E-state index contributed by atoms with van der Waals surface area (Å²) >= 11 is 6.34. The molecule has 1 aromatic heterocycles. The van der Waals surface area contributed by atoms with E-state index >= 15 is 0 Å². The molecule has 0 amide bonds. The molecule has 3 aromatic carbocycles. The fourth-order valence-electron chi connectivity index (χ4n) is 3.81. The van der Waals surface area contributed by atoms with Crippen LogP contribution in [0.25, 0.3) is 22.5 Å². The average Bonchev–Trinajstić information content (AvgIpc) is 3.19. The smallest absolute Gasteiger partial charge is 0.124 e. The molecule has 0 N–H and O–H groups in total. The quantitative estimate of drug-likeness (QED) is 0.316. The van der Waals surface area contributed by atoms with Crippen molar-refractivity contribution in [2.75, 3.05) is 14.2 Å². The van der Waals surface area contributed by atoms with Crippen molar-refractivity contribution in [3.8, 4) is 34.0 Å². The number of hydrogen-bond donors (Lipinski definition) is 0. The van der Waals surface area contributed by atoms with Crippen LogP contribution in [0.1, 0.15) is 18.1 Å². The fourth-order valence-corrected chi connectivity index (χ4v) is 4.04. The summed E-state index contributed by atoms with van der Waals surface area (Å²) in [5.41, 5.74) is 5.85. The lowest BCUT2D eigenvalue weighted by Gasteiger charge is -2.11. The third-order valence-electron chi connectivity index (χ3n) is 5.47. The molecule has 1 heterocycles. The van der Waals surface area contributed by atoms with Crippen LogP contribution in [0.2, 0.25) is 5.02 Å². The summed E-state index contributed by atoms with van der Waals surface area (Å²) in [5, 5.41) is 5.36. The van der Waals surface area contributed by atoms with E-state index in [1.165, 1.54) is 12.1 Å². The van der Waals surface area contributed by atoms with E-state index in [1.807, 2.05) is 53.2 Å². The molecule has 0 unspecified atom stereocenters. The molecule has 0 spiro atoms. The minimum absolute atomic E-state index is 0.359. The van der Waals surface area contributed by atoms with Gasteiger partial charge in [0.25, 0.3) is 0 Å². The highest BCUT2D eigenvalue weighted by molar-refractivity contribution is 6.31. The van der Waals surface area contributed by atoms with Gasteiger partial charge < -0.3 is 9.47 Å². The van der Waals surface area contributed by atoms with Gasteiger partial charge in [0.05, 0.1) is 32.2 Å². The van der Waals surface area contributed by atoms with Crippen LogP contribution in [0.3, 0.4) is 0 Å². The zero-order chi connectivity index (χ0) is 22.7. The number of benzene rings is 3. The van der Waals surface area contributed by atoms with Crippen LogP contribution < -0.4 is 9.47 Å². The van der Waals surface area contributed by atoms with E-state index in [0.717, 1.165) is 51.6 Å². The van der Waals surface area contributed by atoms with Crippen LogP contribution in [0.4, 0.5) is 4.39 Å². The number of hydrogen-bond acceptors (Lipinski definition) is 3. The van der Waals surface area contributed by atoms with Crippen LogP contribution >= 0.6 is 11.6 Å². The first-order valence-electron chi connectivity index (χ1n) is 10.4. The van der Waals surface area contributed by atoms with Gasteiger partial charge in [0, 0.05) is 21.7 Å². The number of rotatable bonds is 7. The largest absolute Gasteiger partial charge is 0.497 e. The molecule has 6 heteroatoms. The van der Waals surface area contributed by atoms with Crippen LogP contribution in [0.5, 0.6) is 11.5 Å². The molecule has 164 valence electrons. The van der Waals surface area contributed by atoms with Gasteiger partial charge in [0.2, 0.25) is 0 Å². The standard InChI is InChI=1S/C26H24ClFN2O2/c1-4-23-25(17-6-11-21(31-2)12-7-17)29-30(16-19-5-10-20(28)15-24(19)27)26(23)18-8-13-22(32-3)14-9-18/h5-15H,4,16H2,1-3H3. The highest BCUT2D eigenvalue weighted by Crippen LogP contribution is 2.35. The van der Waals surface area contributed by atoms with E-state index in [-0.39, 0.29) is 5.82 Å². The summed E-state index contributed by atoms with van der Waals surface area (Å²) in [6.45, 7) is 2.54. The maximum absolute atomic E-state index is 13.6. The normalized spacial score (nSPS) is 10.9. The molecule has 0 saturated carbocycles. The second kappa shape index (κ2) is 9.45. The van der Waals surface area contributed by atoms with Gasteiger partial charge in [-0.3, -0.25) is 4.68 Å². The summed E-state index contributed by atoms with van der Waals surface area (Å²) in [4.78, 5) is 0. The predicted octanol–water partition coefficient (Wildman–Crippen LogP) is 6.64. The zero-order valence-corrected chi connectivity index (χ0v) is 19.0. The lowest BCUT2D eigenvalue weighted by molar-refractivity contribution is 0.414. The molecule has 4 rings (SSSR count). The first kappa shape index (κ1) is 21.9. The molecule has 0 radical (unpaired) electrons. The van der Waals surface area contributed by atoms with Gasteiger partial charge >= 0.3 is 0 Å². The van der Waals surface area contributed by atoms with Crippen molar-refractivity contribution >= 4 is 11.6 Å². The van der Waals surface area contributed by atoms with Gasteiger partial charge in [-0.15, -0.1) is 0 Å².